The van der Waals surface area contributed by atoms with E-state index >= 15 is 0 Å². The molecule has 0 unspecified atom stereocenters. The molecule has 0 spiro atoms. The standard InChI is InChI=1S/C25H30N4O3/c1-17-9-5-6-12-19(17)27-24(31)21(15-18-10-3-2-4-11-18)28-25(32)29-16-23(30)26-20-13-7-8-14-22(20)29/h2-4,7-8,10-11,13-14,17,19,21H,5-6,9,12,15-16H2,1H3,(H,26,30)(H,27,31)(H,28,32)/t17-,19-,21-/m1/s1. The number of amides is 4. The normalized spacial score (nSPS) is 21.2. The molecule has 3 atom stereocenters. The van der Waals surface area contributed by atoms with Crippen LogP contribution in [-0.2, 0) is 16.0 Å². The van der Waals surface area contributed by atoms with Gasteiger partial charge in [-0.05, 0) is 36.5 Å². The molecule has 1 aliphatic carbocycles. The number of hydrogen-bond acceptors (Lipinski definition) is 3. The van der Waals surface area contributed by atoms with Crippen LogP contribution in [0.25, 0.3) is 0 Å². The van der Waals surface area contributed by atoms with Crippen LogP contribution in [0.1, 0.15) is 38.2 Å². The first kappa shape index (κ1) is 21.9. The van der Waals surface area contributed by atoms with Gasteiger partial charge in [-0.1, -0.05) is 62.2 Å². The summed E-state index contributed by atoms with van der Waals surface area (Å²) < 4.78 is 0. The van der Waals surface area contributed by atoms with Crippen molar-refractivity contribution in [3.63, 3.8) is 0 Å². The van der Waals surface area contributed by atoms with Crippen LogP contribution in [0.5, 0.6) is 0 Å². The smallest absolute Gasteiger partial charge is 0.323 e. The molecule has 32 heavy (non-hydrogen) atoms. The fourth-order valence-electron chi connectivity index (χ4n) is 4.51. The van der Waals surface area contributed by atoms with Crippen molar-refractivity contribution in [2.24, 2.45) is 5.92 Å². The van der Waals surface area contributed by atoms with Crippen molar-refractivity contribution in [3.05, 3.63) is 60.2 Å². The van der Waals surface area contributed by atoms with E-state index in [1.165, 1.54) is 11.3 Å². The van der Waals surface area contributed by atoms with E-state index in [2.05, 4.69) is 22.9 Å². The fraction of sp³-hybridized carbons (Fsp3) is 0.400. The number of nitrogens with one attached hydrogen (secondary N) is 3. The molecule has 1 fully saturated rings. The second-order valence-electron chi connectivity index (χ2n) is 8.72. The molecule has 2 aliphatic rings. The van der Waals surface area contributed by atoms with E-state index in [4.69, 9.17) is 0 Å². The number of carbonyl (C=O) groups is 3. The molecule has 3 N–H and O–H groups in total. The number of para-hydroxylation sites is 2. The van der Waals surface area contributed by atoms with E-state index in [1.54, 1.807) is 18.2 Å². The molecule has 4 amide bonds. The maximum Gasteiger partial charge on any atom is 0.323 e. The summed E-state index contributed by atoms with van der Waals surface area (Å²) >= 11 is 0. The highest BCUT2D eigenvalue weighted by Gasteiger charge is 2.31. The zero-order chi connectivity index (χ0) is 22.5. The Kier molecular flexibility index (Phi) is 6.73. The number of anilines is 2. The van der Waals surface area contributed by atoms with Crippen molar-refractivity contribution in [2.75, 3.05) is 16.8 Å². The topological polar surface area (TPSA) is 90.5 Å². The van der Waals surface area contributed by atoms with Crippen molar-refractivity contribution in [1.82, 2.24) is 10.6 Å². The molecule has 0 saturated heterocycles. The van der Waals surface area contributed by atoms with Crippen LogP contribution in [0.4, 0.5) is 16.2 Å². The van der Waals surface area contributed by atoms with Crippen LogP contribution >= 0.6 is 0 Å². The van der Waals surface area contributed by atoms with E-state index in [0.717, 1.165) is 24.8 Å². The summed E-state index contributed by atoms with van der Waals surface area (Å²) in [5.74, 6) is -0.0342. The molecule has 4 rings (SSSR count). The lowest BCUT2D eigenvalue weighted by molar-refractivity contribution is -0.124. The Morgan fingerprint density at radius 1 is 1.06 bits per heavy atom. The molecule has 0 aromatic heterocycles. The van der Waals surface area contributed by atoms with Crippen molar-refractivity contribution in [3.8, 4) is 0 Å². The quantitative estimate of drug-likeness (QED) is 0.673. The number of benzene rings is 2. The van der Waals surface area contributed by atoms with E-state index in [1.807, 2.05) is 36.4 Å². The Morgan fingerprint density at radius 2 is 1.78 bits per heavy atom. The summed E-state index contributed by atoms with van der Waals surface area (Å²) in [7, 11) is 0. The average molecular weight is 435 g/mol. The third kappa shape index (κ3) is 5.10. The van der Waals surface area contributed by atoms with E-state index in [9.17, 15) is 14.4 Å². The Balaban J connectivity index is 1.52. The molecule has 7 nitrogen and oxygen atoms in total. The van der Waals surface area contributed by atoms with Gasteiger partial charge in [0.2, 0.25) is 11.8 Å². The first-order valence-electron chi connectivity index (χ1n) is 11.3. The predicted molar refractivity (Wildman–Crippen MR) is 124 cm³/mol. The van der Waals surface area contributed by atoms with Gasteiger partial charge in [-0.3, -0.25) is 14.5 Å². The first-order valence-corrected chi connectivity index (χ1v) is 11.3. The van der Waals surface area contributed by atoms with Gasteiger partial charge in [0, 0.05) is 12.5 Å². The summed E-state index contributed by atoms with van der Waals surface area (Å²) in [5, 5.41) is 8.85. The molecule has 0 radical (unpaired) electrons. The highest BCUT2D eigenvalue weighted by atomic mass is 16.2. The second kappa shape index (κ2) is 9.85. The van der Waals surface area contributed by atoms with Gasteiger partial charge < -0.3 is 16.0 Å². The monoisotopic (exact) mass is 434 g/mol. The molecule has 2 aromatic carbocycles. The first-order chi connectivity index (χ1) is 15.5. The second-order valence-corrected chi connectivity index (χ2v) is 8.72. The summed E-state index contributed by atoms with van der Waals surface area (Å²) in [6, 6.07) is 15.7. The molecule has 1 aliphatic heterocycles. The Labute approximate surface area is 188 Å². The van der Waals surface area contributed by atoms with Crippen LogP contribution in [-0.4, -0.2) is 36.5 Å². The highest BCUT2D eigenvalue weighted by molar-refractivity contribution is 6.10. The Bertz CT molecular complexity index is 978. The summed E-state index contributed by atoms with van der Waals surface area (Å²) in [6.45, 7) is 2.07. The van der Waals surface area contributed by atoms with Gasteiger partial charge in [0.25, 0.3) is 0 Å². The van der Waals surface area contributed by atoms with Crippen LogP contribution in [0.3, 0.4) is 0 Å². The van der Waals surface area contributed by atoms with Crippen LogP contribution < -0.4 is 20.9 Å². The maximum absolute atomic E-state index is 13.3. The number of urea groups is 1. The zero-order valence-corrected chi connectivity index (χ0v) is 18.3. The maximum atomic E-state index is 13.3. The largest absolute Gasteiger partial charge is 0.351 e. The van der Waals surface area contributed by atoms with E-state index < -0.39 is 12.1 Å². The van der Waals surface area contributed by atoms with Crippen LogP contribution in [0.2, 0.25) is 0 Å². The van der Waals surface area contributed by atoms with Gasteiger partial charge in [0.1, 0.15) is 12.6 Å². The molecular weight excluding hydrogens is 404 g/mol. The average Bonchev–Trinajstić information content (AvgIpc) is 2.80. The Hall–Kier alpha value is -3.35. The minimum absolute atomic E-state index is 0.0951. The number of rotatable bonds is 5. The molecule has 2 aromatic rings. The van der Waals surface area contributed by atoms with Crippen molar-refractivity contribution < 1.29 is 14.4 Å². The van der Waals surface area contributed by atoms with E-state index in [0.29, 0.717) is 23.7 Å². The van der Waals surface area contributed by atoms with Crippen molar-refractivity contribution in [1.29, 1.82) is 0 Å². The Morgan fingerprint density at radius 3 is 2.56 bits per heavy atom. The van der Waals surface area contributed by atoms with Gasteiger partial charge in [-0.15, -0.1) is 0 Å². The van der Waals surface area contributed by atoms with E-state index in [-0.39, 0.29) is 24.4 Å². The van der Waals surface area contributed by atoms with Gasteiger partial charge in [-0.2, -0.15) is 0 Å². The van der Waals surface area contributed by atoms with Crippen LogP contribution in [0, 0.1) is 5.92 Å². The predicted octanol–water partition coefficient (Wildman–Crippen LogP) is 3.46. The number of nitrogens with zero attached hydrogens (tertiary/aromatic N) is 1. The van der Waals surface area contributed by atoms with Gasteiger partial charge in [0.05, 0.1) is 11.4 Å². The third-order valence-electron chi connectivity index (χ3n) is 6.35. The molecule has 168 valence electrons. The summed E-state index contributed by atoms with van der Waals surface area (Å²) in [6.07, 6.45) is 4.72. The molecule has 0 bridgehead atoms. The van der Waals surface area contributed by atoms with Crippen LogP contribution in [0.15, 0.2) is 54.6 Å². The van der Waals surface area contributed by atoms with Gasteiger partial charge >= 0.3 is 6.03 Å². The number of fused-ring (bicyclic) bond motifs is 1. The lowest BCUT2D eigenvalue weighted by Crippen LogP contribution is -2.56. The third-order valence-corrected chi connectivity index (χ3v) is 6.35. The summed E-state index contributed by atoms with van der Waals surface area (Å²) in [4.78, 5) is 40.0. The number of carbonyl (C=O) groups excluding carboxylic acids is 3. The van der Waals surface area contributed by atoms with Gasteiger partial charge in [-0.25, -0.2) is 4.79 Å². The lowest BCUT2D eigenvalue weighted by Gasteiger charge is -2.33. The lowest BCUT2D eigenvalue weighted by atomic mass is 9.85. The minimum atomic E-state index is -0.740. The molecule has 7 heteroatoms. The SMILES string of the molecule is C[C@@H]1CCCC[C@H]1NC(=O)[C@@H](Cc1ccccc1)NC(=O)N1CC(=O)Nc2ccccc21. The van der Waals surface area contributed by atoms with Crippen molar-refractivity contribution >= 4 is 29.2 Å². The number of hydrogen-bond donors (Lipinski definition) is 3. The van der Waals surface area contributed by atoms with Crippen molar-refractivity contribution in [2.45, 2.75) is 51.1 Å². The zero-order valence-electron chi connectivity index (χ0n) is 18.3. The molecule has 1 saturated carbocycles. The van der Waals surface area contributed by atoms with Gasteiger partial charge in [0.15, 0.2) is 0 Å². The highest BCUT2D eigenvalue weighted by Crippen LogP contribution is 2.29. The minimum Gasteiger partial charge on any atom is -0.351 e. The fourth-order valence-corrected chi connectivity index (χ4v) is 4.51. The summed E-state index contributed by atoms with van der Waals surface area (Å²) in [5.41, 5.74) is 2.16. The molecule has 1 heterocycles. The molecular formula is C25H30N4O3.